The molecular formula is C17H28N2O2. The van der Waals surface area contributed by atoms with Crippen LogP contribution in [0.3, 0.4) is 0 Å². The van der Waals surface area contributed by atoms with E-state index in [4.69, 9.17) is 10.5 Å². The molecule has 0 aromatic heterocycles. The number of rotatable bonds is 9. The summed E-state index contributed by atoms with van der Waals surface area (Å²) in [5, 5.41) is 3.01. The maximum atomic E-state index is 11.8. The van der Waals surface area contributed by atoms with Crippen molar-refractivity contribution in [1.29, 1.82) is 0 Å². The molecule has 0 fully saturated rings. The van der Waals surface area contributed by atoms with Crippen LogP contribution in [-0.2, 0) is 4.79 Å². The molecule has 1 amide bonds. The van der Waals surface area contributed by atoms with Crippen molar-refractivity contribution in [2.75, 3.05) is 12.3 Å². The van der Waals surface area contributed by atoms with Gasteiger partial charge in [-0.3, -0.25) is 4.79 Å². The first-order chi connectivity index (χ1) is 9.97. The molecule has 3 N–H and O–H groups in total. The third-order valence-corrected chi connectivity index (χ3v) is 3.30. The molecule has 1 rings (SSSR count). The summed E-state index contributed by atoms with van der Waals surface area (Å²) in [5.74, 6) is 1.51. The van der Waals surface area contributed by atoms with E-state index in [1.807, 2.05) is 12.1 Å². The van der Waals surface area contributed by atoms with Gasteiger partial charge in [-0.2, -0.15) is 0 Å². The van der Waals surface area contributed by atoms with E-state index in [0.29, 0.717) is 18.7 Å². The molecule has 0 spiro atoms. The zero-order valence-corrected chi connectivity index (χ0v) is 13.4. The Bertz CT molecular complexity index is 415. The molecule has 118 valence electrons. The summed E-state index contributed by atoms with van der Waals surface area (Å²) >= 11 is 0. The Morgan fingerprint density at radius 2 is 1.86 bits per heavy atom. The van der Waals surface area contributed by atoms with Gasteiger partial charge in [-0.05, 0) is 43.5 Å². The summed E-state index contributed by atoms with van der Waals surface area (Å²) in [6.45, 7) is 6.88. The molecule has 0 saturated carbocycles. The number of nitrogen functional groups attached to an aromatic ring is 1. The van der Waals surface area contributed by atoms with Gasteiger partial charge in [0.15, 0.2) is 0 Å². The van der Waals surface area contributed by atoms with Crippen LogP contribution in [0.4, 0.5) is 5.69 Å². The Morgan fingerprint density at radius 1 is 1.19 bits per heavy atom. The molecule has 4 heteroatoms. The summed E-state index contributed by atoms with van der Waals surface area (Å²) in [6.07, 6.45) is 3.77. The summed E-state index contributed by atoms with van der Waals surface area (Å²) in [7, 11) is 0. The van der Waals surface area contributed by atoms with Crippen LogP contribution in [0.25, 0.3) is 0 Å². The van der Waals surface area contributed by atoms with Crippen LogP contribution in [0.1, 0.15) is 46.5 Å². The highest BCUT2D eigenvalue weighted by atomic mass is 16.5. The van der Waals surface area contributed by atoms with Crippen molar-refractivity contribution in [3.05, 3.63) is 24.3 Å². The summed E-state index contributed by atoms with van der Waals surface area (Å²) < 4.78 is 5.51. The highest BCUT2D eigenvalue weighted by Gasteiger charge is 2.08. The molecule has 0 heterocycles. The van der Waals surface area contributed by atoms with Gasteiger partial charge in [0.05, 0.1) is 13.0 Å². The standard InChI is InChI=1S/C17H28N2O2/c1-13(2)5-4-6-14(3)19-17(20)11-12-21-16-9-7-15(18)8-10-16/h7-10,13-14H,4-6,11-12,18H2,1-3H3,(H,19,20). The van der Waals surface area contributed by atoms with E-state index >= 15 is 0 Å². The van der Waals surface area contributed by atoms with E-state index in [1.54, 1.807) is 12.1 Å². The summed E-state index contributed by atoms with van der Waals surface area (Å²) in [4.78, 5) is 11.8. The van der Waals surface area contributed by atoms with Crippen molar-refractivity contribution in [3.63, 3.8) is 0 Å². The molecule has 0 radical (unpaired) electrons. The highest BCUT2D eigenvalue weighted by Crippen LogP contribution is 2.13. The second kappa shape index (κ2) is 9.27. The minimum Gasteiger partial charge on any atom is -0.493 e. The molecular weight excluding hydrogens is 264 g/mol. The summed E-state index contributed by atoms with van der Waals surface area (Å²) in [6, 6.07) is 7.41. The van der Waals surface area contributed by atoms with E-state index in [0.717, 1.165) is 24.5 Å². The highest BCUT2D eigenvalue weighted by molar-refractivity contribution is 5.76. The number of amides is 1. The van der Waals surface area contributed by atoms with Gasteiger partial charge in [0.1, 0.15) is 5.75 Å². The third-order valence-electron chi connectivity index (χ3n) is 3.30. The molecule has 1 aromatic rings. The van der Waals surface area contributed by atoms with Crippen LogP contribution in [0.15, 0.2) is 24.3 Å². The first-order valence-electron chi connectivity index (χ1n) is 7.75. The summed E-state index contributed by atoms with van der Waals surface area (Å²) in [5.41, 5.74) is 6.30. The van der Waals surface area contributed by atoms with Gasteiger partial charge >= 0.3 is 0 Å². The van der Waals surface area contributed by atoms with Crippen LogP contribution in [0.5, 0.6) is 5.75 Å². The number of carbonyl (C=O) groups is 1. The van der Waals surface area contributed by atoms with E-state index in [1.165, 1.54) is 6.42 Å². The fourth-order valence-electron chi connectivity index (χ4n) is 2.08. The number of nitrogens with one attached hydrogen (secondary N) is 1. The molecule has 21 heavy (non-hydrogen) atoms. The van der Waals surface area contributed by atoms with Gasteiger partial charge in [0.25, 0.3) is 0 Å². The fraction of sp³-hybridized carbons (Fsp3) is 0.588. The van der Waals surface area contributed by atoms with Gasteiger partial charge in [-0.25, -0.2) is 0 Å². The van der Waals surface area contributed by atoms with Gasteiger partial charge in [0.2, 0.25) is 5.91 Å². The van der Waals surface area contributed by atoms with Crippen molar-refractivity contribution in [1.82, 2.24) is 5.32 Å². The average Bonchev–Trinajstić information content (AvgIpc) is 2.40. The van der Waals surface area contributed by atoms with Crippen molar-refractivity contribution < 1.29 is 9.53 Å². The van der Waals surface area contributed by atoms with E-state index in [2.05, 4.69) is 26.1 Å². The van der Waals surface area contributed by atoms with Crippen molar-refractivity contribution in [2.45, 2.75) is 52.5 Å². The smallest absolute Gasteiger partial charge is 0.223 e. The number of anilines is 1. The Kier molecular flexibility index (Phi) is 7.65. The average molecular weight is 292 g/mol. The van der Waals surface area contributed by atoms with E-state index < -0.39 is 0 Å². The normalized spacial score (nSPS) is 12.2. The SMILES string of the molecule is CC(C)CCCC(C)NC(=O)CCOc1ccc(N)cc1. The molecule has 1 unspecified atom stereocenters. The lowest BCUT2D eigenvalue weighted by Crippen LogP contribution is -2.33. The number of benzene rings is 1. The van der Waals surface area contributed by atoms with Crippen LogP contribution in [0.2, 0.25) is 0 Å². The molecule has 0 aliphatic carbocycles. The topological polar surface area (TPSA) is 64.3 Å². The number of hydrogen-bond donors (Lipinski definition) is 2. The van der Waals surface area contributed by atoms with Crippen LogP contribution >= 0.6 is 0 Å². The van der Waals surface area contributed by atoms with Crippen LogP contribution in [-0.4, -0.2) is 18.6 Å². The van der Waals surface area contributed by atoms with Gasteiger partial charge in [-0.15, -0.1) is 0 Å². The first-order valence-corrected chi connectivity index (χ1v) is 7.75. The maximum absolute atomic E-state index is 11.8. The number of ether oxygens (including phenoxy) is 1. The molecule has 1 aromatic carbocycles. The Balaban J connectivity index is 2.14. The largest absolute Gasteiger partial charge is 0.493 e. The zero-order valence-electron chi connectivity index (χ0n) is 13.4. The van der Waals surface area contributed by atoms with Gasteiger partial charge in [0, 0.05) is 11.7 Å². The Labute approximate surface area is 128 Å². The minimum absolute atomic E-state index is 0.0440. The predicted molar refractivity (Wildman–Crippen MR) is 87.3 cm³/mol. The molecule has 0 aliphatic heterocycles. The minimum atomic E-state index is 0.0440. The molecule has 1 atom stereocenters. The molecule has 0 saturated heterocycles. The number of carbonyl (C=O) groups excluding carboxylic acids is 1. The second-order valence-electron chi connectivity index (χ2n) is 5.96. The van der Waals surface area contributed by atoms with Crippen molar-refractivity contribution in [3.8, 4) is 5.75 Å². The number of nitrogens with two attached hydrogens (primary N) is 1. The lowest BCUT2D eigenvalue weighted by atomic mass is 10.0. The van der Waals surface area contributed by atoms with E-state index in [-0.39, 0.29) is 11.9 Å². The predicted octanol–water partition coefficient (Wildman–Crippen LogP) is 3.37. The van der Waals surface area contributed by atoms with Crippen LogP contribution in [0, 0.1) is 5.92 Å². The van der Waals surface area contributed by atoms with Crippen molar-refractivity contribution in [2.24, 2.45) is 5.92 Å². The Morgan fingerprint density at radius 3 is 2.48 bits per heavy atom. The Hall–Kier alpha value is -1.71. The van der Waals surface area contributed by atoms with Crippen molar-refractivity contribution >= 4 is 11.6 Å². The molecule has 4 nitrogen and oxygen atoms in total. The van der Waals surface area contributed by atoms with Crippen LogP contribution < -0.4 is 15.8 Å². The molecule has 0 aliphatic rings. The third kappa shape index (κ3) is 8.23. The fourth-order valence-corrected chi connectivity index (χ4v) is 2.08. The van der Waals surface area contributed by atoms with Gasteiger partial charge in [-0.1, -0.05) is 26.7 Å². The monoisotopic (exact) mass is 292 g/mol. The number of hydrogen-bond acceptors (Lipinski definition) is 3. The maximum Gasteiger partial charge on any atom is 0.223 e. The lowest BCUT2D eigenvalue weighted by Gasteiger charge is -2.14. The quantitative estimate of drug-likeness (QED) is 0.686. The van der Waals surface area contributed by atoms with Gasteiger partial charge < -0.3 is 15.8 Å². The lowest BCUT2D eigenvalue weighted by molar-refractivity contribution is -0.122. The molecule has 0 bridgehead atoms. The first kappa shape index (κ1) is 17.3. The van der Waals surface area contributed by atoms with E-state index in [9.17, 15) is 4.79 Å². The second-order valence-corrected chi connectivity index (χ2v) is 5.96. The zero-order chi connectivity index (χ0) is 15.7.